The lowest BCUT2D eigenvalue weighted by molar-refractivity contribution is -0.137. The number of ether oxygens (including phenoxy) is 2. The average molecular weight is 331 g/mol. The molecule has 4 nitrogen and oxygen atoms in total. The zero-order chi connectivity index (χ0) is 17.0. The van der Waals surface area contributed by atoms with E-state index in [1.807, 2.05) is 17.0 Å². The van der Waals surface area contributed by atoms with Crippen LogP contribution in [0.2, 0.25) is 0 Å². The van der Waals surface area contributed by atoms with E-state index in [4.69, 9.17) is 9.47 Å². The topological polar surface area (TPSA) is 38.8 Å². The summed E-state index contributed by atoms with van der Waals surface area (Å²) >= 11 is 0. The Balaban J connectivity index is 1.56. The van der Waals surface area contributed by atoms with E-state index in [2.05, 4.69) is 19.1 Å². The lowest BCUT2D eigenvalue weighted by Crippen LogP contribution is -2.50. The Morgan fingerprint density at radius 3 is 2.79 bits per heavy atom. The summed E-state index contributed by atoms with van der Waals surface area (Å²) in [6.07, 6.45) is 4.61. The predicted molar refractivity (Wildman–Crippen MR) is 94.0 cm³/mol. The summed E-state index contributed by atoms with van der Waals surface area (Å²) in [6.45, 7) is 5.35. The highest BCUT2D eigenvalue weighted by molar-refractivity contribution is 5.79. The van der Waals surface area contributed by atoms with E-state index in [-0.39, 0.29) is 11.5 Å². The van der Waals surface area contributed by atoms with Crippen molar-refractivity contribution in [3.05, 3.63) is 35.4 Å². The molecule has 24 heavy (non-hydrogen) atoms. The maximum atomic E-state index is 12.6. The Hall–Kier alpha value is -1.39. The molecule has 0 bridgehead atoms. The third kappa shape index (κ3) is 3.65. The van der Waals surface area contributed by atoms with E-state index >= 15 is 0 Å². The molecule has 2 heterocycles. The molecule has 2 fully saturated rings. The molecule has 1 aromatic carbocycles. The fourth-order valence-electron chi connectivity index (χ4n) is 4.22. The monoisotopic (exact) mass is 331 g/mol. The number of hydrogen-bond donors (Lipinski definition) is 0. The van der Waals surface area contributed by atoms with Crippen LogP contribution in [-0.4, -0.2) is 49.8 Å². The van der Waals surface area contributed by atoms with Gasteiger partial charge < -0.3 is 14.4 Å². The van der Waals surface area contributed by atoms with Crippen LogP contribution in [0.3, 0.4) is 0 Å². The minimum Gasteiger partial charge on any atom is -0.385 e. The molecule has 2 saturated heterocycles. The van der Waals surface area contributed by atoms with Crippen LogP contribution in [0.1, 0.15) is 36.8 Å². The molecule has 0 N–H and O–H groups in total. The van der Waals surface area contributed by atoms with Gasteiger partial charge >= 0.3 is 0 Å². The van der Waals surface area contributed by atoms with Crippen molar-refractivity contribution in [1.82, 2.24) is 4.90 Å². The van der Waals surface area contributed by atoms with Crippen LogP contribution in [0.15, 0.2) is 24.3 Å². The maximum Gasteiger partial charge on any atom is 0.227 e. The normalized spacial score (nSPS) is 22.9. The molecular weight excluding hydrogens is 302 g/mol. The lowest BCUT2D eigenvalue weighted by atomic mass is 9.78. The SMILES string of the molecule is COCCC1CCOC12CCN(C(=O)Cc1ccccc1C)CC2. The van der Waals surface area contributed by atoms with Crippen LogP contribution in [0.4, 0.5) is 0 Å². The van der Waals surface area contributed by atoms with Gasteiger partial charge in [0.1, 0.15) is 0 Å². The van der Waals surface area contributed by atoms with Crippen LogP contribution in [0.5, 0.6) is 0 Å². The predicted octanol–water partition coefficient (Wildman–Crippen LogP) is 2.97. The number of aryl methyl sites for hydroxylation is 1. The molecule has 3 rings (SSSR count). The number of nitrogens with zero attached hydrogens (tertiary/aromatic N) is 1. The summed E-state index contributed by atoms with van der Waals surface area (Å²) < 4.78 is 11.4. The van der Waals surface area contributed by atoms with Crippen LogP contribution >= 0.6 is 0 Å². The fourth-order valence-corrected chi connectivity index (χ4v) is 4.22. The van der Waals surface area contributed by atoms with Gasteiger partial charge in [-0.1, -0.05) is 24.3 Å². The second kappa shape index (κ2) is 7.66. The standard InChI is InChI=1S/C20H29NO3/c1-16-5-3-4-6-17(16)15-19(22)21-11-9-20(10-12-21)18(7-13-23-2)8-14-24-20/h3-6,18H,7-15H2,1-2H3. The molecular formula is C20H29NO3. The van der Waals surface area contributed by atoms with Gasteiger partial charge in [0.25, 0.3) is 0 Å². The van der Waals surface area contributed by atoms with Gasteiger partial charge in [-0.05, 0) is 49.7 Å². The Morgan fingerprint density at radius 1 is 1.33 bits per heavy atom. The zero-order valence-electron chi connectivity index (χ0n) is 14.9. The first-order chi connectivity index (χ1) is 11.6. The van der Waals surface area contributed by atoms with Crippen molar-refractivity contribution in [2.24, 2.45) is 5.92 Å². The second-order valence-corrected chi connectivity index (χ2v) is 7.16. The van der Waals surface area contributed by atoms with Crippen LogP contribution < -0.4 is 0 Å². The molecule has 0 radical (unpaired) electrons. The van der Waals surface area contributed by atoms with Gasteiger partial charge in [0.15, 0.2) is 0 Å². The summed E-state index contributed by atoms with van der Waals surface area (Å²) in [5.41, 5.74) is 2.31. The molecule has 1 unspecified atom stereocenters. The quantitative estimate of drug-likeness (QED) is 0.833. The van der Waals surface area contributed by atoms with Crippen molar-refractivity contribution in [3.8, 4) is 0 Å². The van der Waals surface area contributed by atoms with Gasteiger partial charge in [0.2, 0.25) is 5.91 Å². The largest absolute Gasteiger partial charge is 0.385 e. The van der Waals surface area contributed by atoms with Gasteiger partial charge in [0, 0.05) is 33.4 Å². The van der Waals surface area contributed by atoms with Crippen molar-refractivity contribution in [2.45, 2.75) is 44.6 Å². The zero-order valence-corrected chi connectivity index (χ0v) is 14.9. The van der Waals surface area contributed by atoms with Gasteiger partial charge in [0.05, 0.1) is 12.0 Å². The first kappa shape index (κ1) is 17.4. The van der Waals surface area contributed by atoms with Crippen molar-refractivity contribution < 1.29 is 14.3 Å². The molecule has 0 aromatic heterocycles. The molecule has 2 aliphatic rings. The molecule has 1 amide bonds. The van der Waals surface area contributed by atoms with Crippen molar-refractivity contribution in [1.29, 1.82) is 0 Å². The highest BCUT2D eigenvalue weighted by Crippen LogP contribution is 2.42. The number of likely N-dealkylation sites (tertiary alicyclic amines) is 1. The van der Waals surface area contributed by atoms with Crippen molar-refractivity contribution in [3.63, 3.8) is 0 Å². The number of amides is 1. The highest BCUT2D eigenvalue weighted by atomic mass is 16.5. The molecule has 1 atom stereocenters. The number of carbonyl (C=O) groups excluding carboxylic acids is 1. The Labute approximate surface area is 145 Å². The smallest absolute Gasteiger partial charge is 0.227 e. The Kier molecular flexibility index (Phi) is 5.57. The van der Waals surface area contributed by atoms with E-state index in [1.54, 1.807) is 7.11 Å². The third-order valence-corrected chi connectivity index (χ3v) is 5.84. The second-order valence-electron chi connectivity index (χ2n) is 7.16. The van der Waals surface area contributed by atoms with E-state index in [0.29, 0.717) is 12.3 Å². The van der Waals surface area contributed by atoms with Gasteiger partial charge in [-0.25, -0.2) is 0 Å². The molecule has 0 saturated carbocycles. The van der Waals surface area contributed by atoms with Gasteiger partial charge in [-0.2, -0.15) is 0 Å². The first-order valence-corrected chi connectivity index (χ1v) is 9.10. The Bertz CT molecular complexity index is 564. The summed E-state index contributed by atoms with van der Waals surface area (Å²) in [5.74, 6) is 0.816. The summed E-state index contributed by atoms with van der Waals surface area (Å²) in [4.78, 5) is 14.7. The summed E-state index contributed by atoms with van der Waals surface area (Å²) in [7, 11) is 1.76. The van der Waals surface area contributed by atoms with Crippen molar-refractivity contribution in [2.75, 3.05) is 33.4 Å². The molecule has 0 aliphatic carbocycles. The molecule has 132 valence electrons. The number of benzene rings is 1. The van der Waals surface area contributed by atoms with E-state index in [9.17, 15) is 4.79 Å². The van der Waals surface area contributed by atoms with E-state index < -0.39 is 0 Å². The highest BCUT2D eigenvalue weighted by Gasteiger charge is 2.46. The minimum atomic E-state index is -0.0159. The minimum absolute atomic E-state index is 0.0159. The van der Waals surface area contributed by atoms with Crippen LogP contribution in [-0.2, 0) is 20.7 Å². The van der Waals surface area contributed by atoms with E-state index in [1.165, 1.54) is 5.56 Å². The number of rotatable bonds is 5. The first-order valence-electron chi connectivity index (χ1n) is 9.10. The Morgan fingerprint density at radius 2 is 2.08 bits per heavy atom. The molecule has 4 heteroatoms. The van der Waals surface area contributed by atoms with Crippen LogP contribution in [0, 0.1) is 12.8 Å². The molecule has 1 aromatic rings. The maximum absolute atomic E-state index is 12.6. The number of methoxy groups -OCH3 is 1. The van der Waals surface area contributed by atoms with Gasteiger partial charge in [-0.15, -0.1) is 0 Å². The molecule has 1 spiro atoms. The van der Waals surface area contributed by atoms with Gasteiger partial charge in [-0.3, -0.25) is 4.79 Å². The van der Waals surface area contributed by atoms with E-state index in [0.717, 1.165) is 57.6 Å². The van der Waals surface area contributed by atoms with Crippen molar-refractivity contribution >= 4 is 5.91 Å². The number of hydrogen-bond acceptors (Lipinski definition) is 3. The summed E-state index contributed by atoms with van der Waals surface area (Å²) in [6, 6.07) is 8.15. The molecule has 2 aliphatic heterocycles. The number of carbonyl (C=O) groups is 1. The average Bonchev–Trinajstić information content (AvgIpc) is 2.97. The number of piperidine rings is 1. The third-order valence-electron chi connectivity index (χ3n) is 5.84. The lowest BCUT2D eigenvalue weighted by Gasteiger charge is -2.42. The summed E-state index contributed by atoms with van der Waals surface area (Å²) in [5, 5.41) is 0. The van der Waals surface area contributed by atoms with Crippen LogP contribution in [0.25, 0.3) is 0 Å². The fraction of sp³-hybridized carbons (Fsp3) is 0.650.